The quantitative estimate of drug-likeness (QED) is 0.289. The minimum atomic E-state index is -5.06. The second-order valence-electron chi connectivity index (χ2n) is 8.14. The summed E-state index contributed by atoms with van der Waals surface area (Å²) in [5.41, 5.74) is -3.08. The summed E-state index contributed by atoms with van der Waals surface area (Å²) in [4.78, 5) is 15.1. The first kappa shape index (κ1) is 24.6. The molecule has 3 aromatic carbocycles. The number of pyridine rings is 1. The molecule has 0 saturated carbocycles. The Morgan fingerprint density at radius 1 is 1.00 bits per heavy atom. The van der Waals surface area contributed by atoms with Gasteiger partial charge in [-0.1, -0.05) is 54.9 Å². The highest BCUT2D eigenvalue weighted by Crippen LogP contribution is 2.50. The number of alkyl halides is 3. The van der Waals surface area contributed by atoms with Crippen LogP contribution in [0.2, 0.25) is 5.02 Å². The first-order valence-electron chi connectivity index (χ1n) is 10.4. The van der Waals surface area contributed by atoms with E-state index in [4.69, 9.17) is 16.7 Å². The third kappa shape index (κ3) is 4.35. The summed E-state index contributed by atoms with van der Waals surface area (Å²) in [5.74, 6) is -3.91. The van der Waals surface area contributed by atoms with Crippen molar-refractivity contribution >= 4 is 28.5 Å². The molecule has 2 atom stereocenters. The maximum atomic E-state index is 14.3. The van der Waals surface area contributed by atoms with Gasteiger partial charge in [0, 0.05) is 28.1 Å². The second-order valence-corrected chi connectivity index (χ2v) is 8.55. The van der Waals surface area contributed by atoms with Crippen molar-refractivity contribution in [2.24, 2.45) is 0 Å². The summed E-state index contributed by atoms with van der Waals surface area (Å²) < 4.78 is 57.1. The number of benzene rings is 3. The van der Waals surface area contributed by atoms with Crippen LogP contribution in [0, 0.1) is 5.82 Å². The Labute approximate surface area is 202 Å². The first-order chi connectivity index (χ1) is 16.4. The highest BCUT2D eigenvalue weighted by molar-refractivity contribution is 6.31. The van der Waals surface area contributed by atoms with Crippen molar-refractivity contribution in [3.63, 3.8) is 0 Å². The Morgan fingerprint density at radius 2 is 1.66 bits per heavy atom. The molecule has 0 aliphatic carbocycles. The van der Waals surface area contributed by atoms with Gasteiger partial charge in [0.05, 0.1) is 11.1 Å². The standard InChI is InChI=1S/C26H18ClF4NO3/c1-14(25(35,26(29,30)31)18-10-17-4-2-3-5-23(17)32-13-18)19-8-6-15(11-21(19)27)16-7-9-20(24(33)34)22(28)12-16/h2-14,35H,1H3,(H,33,34). The van der Waals surface area contributed by atoms with Crippen LogP contribution in [0.25, 0.3) is 22.0 Å². The second kappa shape index (κ2) is 8.94. The minimum absolute atomic E-state index is 0.0195. The molecular weight excluding hydrogens is 486 g/mol. The Kier molecular flexibility index (Phi) is 6.29. The number of carboxylic acid groups (broad SMARTS) is 1. The molecule has 0 radical (unpaired) electrons. The van der Waals surface area contributed by atoms with Gasteiger partial charge in [-0.15, -0.1) is 0 Å². The molecule has 35 heavy (non-hydrogen) atoms. The van der Waals surface area contributed by atoms with Crippen LogP contribution >= 0.6 is 11.6 Å². The Morgan fingerprint density at radius 3 is 2.29 bits per heavy atom. The Balaban J connectivity index is 1.77. The van der Waals surface area contributed by atoms with Crippen LogP contribution in [0.15, 0.2) is 72.9 Å². The van der Waals surface area contributed by atoms with Crippen molar-refractivity contribution in [3.05, 3.63) is 100 Å². The summed E-state index contributed by atoms with van der Waals surface area (Å²) in [7, 11) is 0. The number of carboxylic acids is 1. The molecular formula is C26H18ClF4NO3. The lowest BCUT2D eigenvalue weighted by atomic mass is 9.77. The number of carbonyl (C=O) groups is 1. The molecule has 0 amide bonds. The molecule has 4 aromatic rings. The van der Waals surface area contributed by atoms with Gasteiger partial charge in [-0.05, 0) is 47.0 Å². The van der Waals surface area contributed by atoms with E-state index in [-0.39, 0.29) is 10.6 Å². The van der Waals surface area contributed by atoms with Crippen molar-refractivity contribution in [2.75, 3.05) is 0 Å². The van der Waals surface area contributed by atoms with Crippen molar-refractivity contribution < 1.29 is 32.6 Å². The van der Waals surface area contributed by atoms with Crippen molar-refractivity contribution in [1.29, 1.82) is 0 Å². The number of para-hydroxylation sites is 1. The van der Waals surface area contributed by atoms with E-state index >= 15 is 0 Å². The zero-order valence-electron chi connectivity index (χ0n) is 18.1. The van der Waals surface area contributed by atoms with E-state index in [1.807, 2.05) is 0 Å². The Hall–Kier alpha value is -3.49. The monoisotopic (exact) mass is 503 g/mol. The number of aromatic carboxylic acids is 1. The summed E-state index contributed by atoms with van der Waals surface area (Å²) in [6, 6.07) is 15.4. The van der Waals surface area contributed by atoms with Gasteiger partial charge < -0.3 is 10.2 Å². The number of nitrogens with zero attached hydrogens (tertiary/aromatic N) is 1. The lowest BCUT2D eigenvalue weighted by molar-refractivity contribution is -0.274. The van der Waals surface area contributed by atoms with Gasteiger partial charge in [-0.3, -0.25) is 4.98 Å². The number of aromatic nitrogens is 1. The lowest BCUT2D eigenvalue weighted by Gasteiger charge is -2.37. The highest BCUT2D eigenvalue weighted by atomic mass is 35.5. The molecule has 1 heterocycles. The van der Waals surface area contributed by atoms with Gasteiger partial charge >= 0.3 is 12.1 Å². The fourth-order valence-electron chi connectivity index (χ4n) is 4.09. The van der Waals surface area contributed by atoms with Crippen LogP contribution in [0.3, 0.4) is 0 Å². The van der Waals surface area contributed by atoms with Gasteiger partial charge in [-0.2, -0.15) is 13.2 Å². The summed E-state index contributed by atoms with van der Waals surface area (Å²) in [6.45, 7) is 1.21. The smallest absolute Gasteiger partial charge is 0.422 e. The molecule has 180 valence electrons. The van der Waals surface area contributed by atoms with Crippen molar-refractivity contribution in [2.45, 2.75) is 24.6 Å². The van der Waals surface area contributed by atoms with E-state index in [0.717, 1.165) is 18.3 Å². The minimum Gasteiger partial charge on any atom is -0.478 e. The molecule has 2 unspecified atom stereocenters. The lowest BCUT2D eigenvalue weighted by Crippen LogP contribution is -2.46. The molecule has 2 N–H and O–H groups in total. The maximum Gasteiger partial charge on any atom is 0.422 e. The molecule has 9 heteroatoms. The van der Waals surface area contributed by atoms with Crippen molar-refractivity contribution in [1.82, 2.24) is 4.98 Å². The van der Waals surface area contributed by atoms with E-state index in [9.17, 15) is 27.5 Å². The van der Waals surface area contributed by atoms with E-state index in [1.54, 1.807) is 24.3 Å². The van der Waals surface area contributed by atoms with Crippen LogP contribution in [-0.2, 0) is 5.60 Å². The van der Waals surface area contributed by atoms with Gasteiger partial charge in [0.2, 0.25) is 0 Å². The molecule has 0 bridgehead atoms. The van der Waals surface area contributed by atoms with E-state index in [0.29, 0.717) is 22.0 Å². The van der Waals surface area contributed by atoms with E-state index in [2.05, 4.69) is 4.98 Å². The Bertz CT molecular complexity index is 1440. The molecule has 0 saturated heterocycles. The average Bonchev–Trinajstić information content (AvgIpc) is 2.81. The van der Waals surface area contributed by atoms with Crippen LogP contribution < -0.4 is 0 Å². The largest absolute Gasteiger partial charge is 0.478 e. The number of rotatable bonds is 5. The molecule has 0 aliphatic heterocycles. The fraction of sp³-hybridized carbons (Fsp3) is 0.154. The van der Waals surface area contributed by atoms with E-state index < -0.39 is 40.6 Å². The first-order valence-corrected chi connectivity index (χ1v) is 10.8. The number of halogens is 5. The maximum absolute atomic E-state index is 14.3. The zero-order valence-corrected chi connectivity index (χ0v) is 18.9. The zero-order chi connectivity index (χ0) is 25.5. The molecule has 0 aliphatic rings. The molecule has 4 nitrogen and oxygen atoms in total. The molecule has 0 fully saturated rings. The van der Waals surface area contributed by atoms with Gasteiger partial charge in [0.25, 0.3) is 0 Å². The summed E-state index contributed by atoms with van der Waals surface area (Å²) in [5, 5.41) is 20.4. The number of hydrogen-bond donors (Lipinski definition) is 2. The third-order valence-electron chi connectivity index (χ3n) is 6.09. The fourth-order valence-corrected chi connectivity index (χ4v) is 4.43. The van der Waals surface area contributed by atoms with Gasteiger partial charge in [-0.25, -0.2) is 9.18 Å². The van der Waals surface area contributed by atoms with Crippen LogP contribution in [0.4, 0.5) is 17.6 Å². The van der Waals surface area contributed by atoms with Crippen LogP contribution in [0.5, 0.6) is 0 Å². The predicted octanol–water partition coefficient (Wildman–Crippen LogP) is 6.95. The van der Waals surface area contributed by atoms with Crippen LogP contribution in [0.1, 0.15) is 34.3 Å². The van der Waals surface area contributed by atoms with Crippen molar-refractivity contribution in [3.8, 4) is 11.1 Å². The third-order valence-corrected chi connectivity index (χ3v) is 6.42. The van der Waals surface area contributed by atoms with E-state index in [1.165, 1.54) is 37.3 Å². The molecule has 0 spiro atoms. The topological polar surface area (TPSA) is 70.4 Å². The number of aliphatic hydroxyl groups is 1. The highest BCUT2D eigenvalue weighted by Gasteiger charge is 2.59. The number of fused-ring (bicyclic) bond motifs is 1. The normalized spacial score (nSPS) is 14.5. The SMILES string of the molecule is CC(c1ccc(-c2ccc(C(=O)O)c(F)c2)cc1Cl)C(O)(c1cnc2ccccc2c1)C(F)(F)F. The van der Waals surface area contributed by atoms with Gasteiger partial charge in [0.15, 0.2) is 5.60 Å². The summed E-state index contributed by atoms with van der Waals surface area (Å²) >= 11 is 6.35. The molecule has 1 aromatic heterocycles. The van der Waals surface area contributed by atoms with Crippen LogP contribution in [-0.4, -0.2) is 27.3 Å². The average molecular weight is 504 g/mol. The molecule has 4 rings (SSSR count). The summed E-state index contributed by atoms with van der Waals surface area (Å²) in [6.07, 6.45) is -4.06. The van der Waals surface area contributed by atoms with Gasteiger partial charge in [0.1, 0.15) is 5.82 Å². The number of hydrogen-bond acceptors (Lipinski definition) is 3. The predicted molar refractivity (Wildman–Crippen MR) is 124 cm³/mol.